The maximum Gasteiger partial charge on any atom is 0.339 e. The van der Waals surface area contributed by atoms with E-state index in [4.69, 9.17) is 15.8 Å². The normalized spacial score (nSPS) is 11.5. The van der Waals surface area contributed by atoms with Gasteiger partial charge in [-0.15, -0.1) is 0 Å². The van der Waals surface area contributed by atoms with Gasteiger partial charge in [-0.05, 0) is 72.3 Å². The lowest BCUT2D eigenvalue weighted by atomic mass is 10.1. The average Bonchev–Trinajstić information content (AvgIpc) is 2.74. The second kappa shape index (κ2) is 9.43. The second-order valence-electron chi connectivity index (χ2n) is 6.19. The van der Waals surface area contributed by atoms with E-state index in [0.717, 1.165) is 0 Å². The highest BCUT2D eigenvalue weighted by atomic mass is 35.5. The van der Waals surface area contributed by atoms with Crippen molar-refractivity contribution in [2.75, 3.05) is 5.32 Å². The number of hydrogen-bond acceptors (Lipinski definition) is 5. The summed E-state index contributed by atoms with van der Waals surface area (Å²) in [6.45, 7) is 0. The van der Waals surface area contributed by atoms with Crippen LogP contribution in [0.3, 0.4) is 0 Å². The van der Waals surface area contributed by atoms with E-state index in [2.05, 4.69) is 5.32 Å². The van der Waals surface area contributed by atoms with Crippen molar-refractivity contribution in [2.45, 2.75) is 4.90 Å². The Bertz CT molecular complexity index is 1280. The molecule has 9 heteroatoms. The summed E-state index contributed by atoms with van der Waals surface area (Å²) in [7, 11) is -4.10. The summed E-state index contributed by atoms with van der Waals surface area (Å²) < 4.78 is 42.9. The molecule has 1 amide bonds. The van der Waals surface area contributed by atoms with Crippen LogP contribution in [0.2, 0.25) is 5.02 Å². The van der Waals surface area contributed by atoms with Crippen molar-refractivity contribution in [1.29, 1.82) is 5.26 Å². The molecule has 3 aromatic carbocycles. The molecule has 0 heterocycles. The topological polar surface area (TPSA) is 96.3 Å². The minimum absolute atomic E-state index is 0.0000625. The Morgan fingerprint density at radius 2 is 1.74 bits per heavy atom. The third-order valence-electron chi connectivity index (χ3n) is 3.94. The third kappa shape index (κ3) is 5.92. The number of benzene rings is 3. The monoisotopic (exact) mass is 456 g/mol. The third-order valence-corrected chi connectivity index (χ3v) is 5.46. The van der Waals surface area contributed by atoms with E-state index in [1.165, 1.54) is 72.8 Å². The highest BCUT2D eigenvalue weighted by molar-refractivity contribution is 7.87. The molecule has 156 valence electrons. The van der Waals surface area contributed by atoms with Crippen molar-refractivity contribution in [2.24, 2.45) is 0 Å². The summed E-state index contributed by atoms with van der Waals surface area (Å²) in [5.41, 5.74) is 0.454. The number of nitrogens with zero attached hydrogens (tertiary/aromatic N) is 1. The van der Waals surface area contributed by atoms with Crippen molar-refractivity contribution in [3.05, 3.63) is 94.8 Å². The van der Waals surface area contributed by atoms with Crippen molar-refractivity contribution in [3.63, 3.8) is 0 Å². The fraction of sp³-hybridized carbons (Fsp3) is 0. The van der Waals surface area contributed by atoms with Crippen LogP contribution >= 0.6 is 11.6 Å². The fourth-order valence-corrected chi connectivity index (χ4v) is 3.53. The van der Waals surface area contributed by atoms with Crippen molar-refractivity contribution in [1.82, 2.24) is 0 Å². The Balaban J connectivity index is 1.80. The Kier molecular flexibility index (Phi) is 6.70. The van der Waals surface area contributed by atoms with Gasteiger partial charge in [-0.1, -0.05) is 23.7 Å². The first-order valence-electron chi connectivity index (χ1n) is 8.76. The summed E-state index contributed by atoms with van der Waals surface area (Å²) >= 11 is 5.77. The molecule has 0 atom stereocenters. The standard InChI is InChI=1S/C22H14ClFN2O4S/c23-17-4-10-21(11-5-17)31(28,29)30-20-3-1-2-15(13-20)12-16(14-25)22(27)26-19-8-6-18(24)7-9-19/h1-13H,(H,26,27)/b16-12-. The van der Waals surface area contributed by atoms with Crippen LogP contribution in [-0.2, 0) is 14.9 Å². The lowest BCUT2D eigenvalue weighted by molar-refractivity contribution is -0.112. The van der Waals surface area contributed by atoms with Crippen LogP contribution in [0, 0.1) is 17.1 Å². The van der Waals surface area contributed by atoms with Gasteiger partial charge in [0.05, 0.1) is 0 Å². The minimum atomic E-state index is -4.10. The number of hydrogen-bond donors (Lipinski definition) is 1. The molecule has 31 heavy (non-hydrogen) atoms. The molecule has 0 unspecified atom stereocenters. The summed E-state index contributed by atoms with van der Waals surface area (Å²) in [5, 5.41) is 12.2. The van der Waals surface area contributed by atoms with E-state index in [0.29, 0.717) is 16.3 Å². The molecule has 0 aliphatic heterocycles. The zero-order valence-electron chi connectivity index (χ0n) is 15.7. The number of carbonyl (C=O) groups is 1. The van der Waals surface area contributed by atoms with Crippen LogP contribution in [-0.4, -0.2) is 14.3 Å². The number of nitrogens with one attached hydrogen (secondary N) is 1. The van der Waals surface area contributed by atoms with Gasteiger partial charge < -0.3 is 9.50 Å². The maximum atomic E-state index is 13.0. The SMILES string of the molecule is N#C/C(=C/c1cccc(OS(=O)(=O)c2ccc(Cl)cc2)c1)C(=O)Nc1ccc(F)cc1. The molecule has 0 bridgehead atoms. The smallest absolute Gasteiger partial charge is 0.339 e. The Morgan fingerprint density at radius 3 is 2.39 bits per heavy atom. The van der Waals surface area contributed by atoms with Gasteiger partial charge in [-0.25, -0.2) is 4.39 Å². The molecule has 0 saturated carbocycles. The Morgan fingerprint density at radius 1 is 1.06 bits per heavy atom. The largest absolute Gasteiger partial charge is 0.379 e. The highest BCUT2D eigenvalue weighted by Crippen LogP contribution is 2.22. The van der Waals surface area contributed by atoms with Gasteiger partial charge in [0.15, 0.2) is 0 Å². The van der Waals surface area contributed by atoms with E-state index in [-0.39, 0.29) is 16.2 Å². The van der Waals surface area contributed by atoms with E-state index in [9.17, 15) is 22.9 Å². The lowest BCUT2D eigenvalue weighted by Crippen LogP contribution is -2.13. The quantitative estimate of drug-likeness (QED) is 0.327. The van der Waals surface area contributed by atoms with Gasteiger partial charge in [0.25, 0.3) is 5.91 Å². The molecule has 0 radical (unpaired) electrons. The number of amides is 1. The van der Waals surface area contributed by atoms with E-state index >= 15 is 0 Å². The molecule has 0 aliphatic rings. The van der Waals surface area contributed by atoms with Gasteiger partial charge in [0.1, 0.15) is 28.1 Å². The molecule has 1 N–H and O–H groups in total. The fourth-order valence-electron chi connectivity index (χ4n) is 2.48. The summed E-state index contributed by atoms with van der Waals surface area (Å²) in [6.07, 6.45) is 1.28. The van der Waals surface area contributed by atoms with E-state index in [1.807, 2.05) is 0 Å². The number of anilines is 1. The van der Waals surface area contributed by atoms with Crippen LogP contribution in [0.5, 0.6) is 5.75 Å². The zero-order chi connectivity index (χ0) is 22.4. The van der Waals surface area contributed by atoms with Gasteiger partial charge >= 0.3 is 10.1 Å². The van der Waals surface area contributed by atoms with Gasteiger partial charge in [0, 0.05) is 10.7 Å². The predicted octanol–water partition coefficient (Wildman–Crippen LogP) is 4.79. The molecule has 6 nitrogen and oxygen atoms in total. The van der Waals surface area contributed by atoms with Crippen LogP contribution in [0.4, 0.5) is 10.1 Å². The summed E-state index contributed by atoms with van der Waals surface area (Å²) in [4.78, 5) is 12.3. The van der Waals surface area contributed by atoms with E-state index in [1.54, 1.807) is 12.1 Å². The molecule has 0 aromatic heterocycles. The first kappa shape index (κ1) is 22.0. The van der Waals surface area contributed by atoms with Crippen LogP contribution in [0.25, 0.3) is 6.08 Å². The number of carbonyl (C=O) groups excluding carboxylic acids is 1. The van der Waals surface area contributed by atoms with Crippen LogP contribution in [0.1, 0.15) is 5.56 Å². The zero-order valence-corrected chi connectivity index (χ0v) is 17.3. The number of nitriles is 1. The van der Waals surface area contributed by atoms with E-state index < -0.39 is 21.8 Å². The Hall–Kier alpha value is -3.67. The van der Waals surface area contributed by atoms with Crippen LogP contribution < -0.4 is 9.50 Å². The van der Waals surface area contributed by atoms with Gasteiger partial charge in [-0.3, -0.25) is 4.79 Å². The summed E-state index contributed by atoms with van der Waals surface area (Å²) in [5.74, 6) is -1.16. The van der Waals surface area contributed by atoms with Gasteiger partial charge in [0.2, 0.25) is 0 Å². The first-order valence-corrected chi connectivity index (χ1v) is 10.5. The highest BCUT2D eigenvalue weighted by Gasteiger charge is 2.17. The average molecular weight is 457 g/mol. The molecule has 3 aromatic rings. The number of halogens is 2. The maximum absolute atomic E-state index is 13.0. The summed E-state index contributed by atoms with van der Waals surface area (Å²) in [6, 6.07) is 18.2. The van der Waals surface area contributed by atoms with Gasteiger partial charge in [-0.2, -0.15) is 13.7 Å². The van der Waals surface area contributed by atoms with Crippen molar-refractivity contribution in [3.8, 4) is 11.8 Å². The van der Waals surface area contributed by atoms with Crippen molar-refractivity contribution < 1.29 is 21.8 Å². The number of rotatable bonds is 6. The first-order chi connectivity index (χ1) is 14.8. The molecule has 0 fully saturated rings. The molecule has 3 rings (SSSR count). The van der Waals surface area contributed by atoms with Crippen LogP contribution in [0.15, 0.2) is 83.3 Å². The molecule has 0 saturated heterocycles. The molecular formula is C22H14ClFN2O4S. The predicted molar refractivity (Wildman–Crippen MR) is 114 cm³/mol. The molecule has 0 aliphatic carbocycles. The van der Waals surface area contributed by atoms with Crippen molar-refractivity contribution >= 4 is 39.4 Å². The molecule has 0 spiro atoms. The lowest BCUT2D eigenvalue weighted by Gasteiger charge is -2.08. The minimum Gasteiger partial charge on any atom is -0.379 e. The second-order valence-corrected chi connectivity index (χ2v) is 8.18. The Labute approximate surface area is 183 Å². The molecular weight excluding hydrogens is 443 g/mol.